The first-order valence-corrected chi connectivity index (χ1v) is 11.1. The number of carbonyl (C=O) groups excluding carboxylic acids is 2. The molecule has 1 atom stereocenters. The number of hydrogen-bond acceptors (Lipinski definition) is 6. The van der Waals surface area contributed by atoms with Crippen LogP contribution in [-0.2, 0) is 14.3 Å². The fraction of sp³-hybridized carbons (Fsp3) is 0.905. The van der Waals surface area contributed by atoms with Gasteiger partial charge in [-0.25, -0.2) is 4.79 Å². The summed E-state index contributed by atoms with van der Waals surface area (Å²) in [5.41, 5.74) is 10.8. The molecule has 0 aliphatic rings. The van der Waals surface area contributed by atoms with Crippen molar-refractivity contribution in [3.63, 3.8) is 0 Å². The predicted molar refractivity (Wildman–Crippen MR) is 114 cm³/mol. The zero-order chi connectivity index (χ0) is 21.0. The summed E-state index contributed by atoms with van der Waals surface area (Å²) in [4.78, 5) is 23.9. The van der Waals surface area contributed by atoms with E-state index < -0.39 is 18.3 Å². The van der Waals surface area contributed by atoms with E-state index in [1.54, 1.807) is 0 Å². The third-order valence-electron chi connectivity index (χ3n) is 4.88. The first kappa shape index (κ1) is 26.8. The molecule has 0 fully saturated rings. The van der Waals surface area contributed by atoms with Crippen LogP contribution in [0.1, 0.15) is 96.8 Å². The Labute approximate surface area is 171 Å². The molecule has 6 N–H and O–H groups in total. The number of rotatable bonds is 19. The van der Waals surface area contributed by atoms with E-state index in [4.69, 9.17) is 16.2 Å². The minimum Gasteiger partial charge on any atom is -0.467 e. The second kappa shape index (κ2) is 19.2. The van der Waals surface area contributed by atoms with E-state index in [0.29, 0.717) is 25.8 Å². The first-order valence-electron chi connectivity index (χ1n) is 11.1. The highest BCUT2D eigenvalue weighted by Gasteiger charge is 2.20. The molecule has 0 aromatic heterocycles. The number of methoxy groups -OCH3 is 1. The van der Waals surface area contributed by atoms with Gasteiger partial charge in [0, 0.05) is 6.42 Å². The maximum Gasteiger partial charge on any atom is 0.328 e. The monoisotopic (exact) mass is 400 g/mol. The van der Waals surface area contributed by atoms with Gasteiger partial charge in [0.2, 0.25) is 5.91 Å². The number of hydrogen-bond donors (Lipinski definition) is 4. The molecule has 1 amide bonds. The van der Waals surface area contributed by atoms with Gasteiger partial charge in [0.05, 0.1) is 7.11 Å². The molecule has 0 saturated carbocycles. The normalized spacial score (nSPS) is 12.2. The summed E-state index contributed by atoms with van der Waals surface area (Å²) in [6.45, 7) is 2.83. The lowest BCUT2D eigenvalue weighted by molar-refractivity contribution is -0.145. The summed E-state index contributed by atoms with van der Waals surface area (Å²) in [6, 6.07) is -0.610. The number of unbranched alkanes of at least 4 members (excludes halogenated alkanes) is 10. The molecule has 0 rings (SSSR count). The van der Waals surface area contributed by atoms with Crippen LogP contribution in [0.15, 0.2) is 0 Å². The molecule has 0 aliphatic heterocycles. The summed E-state index contributed by atoms with van der Waals surface area (Å²) in [7, 11) is 1.33. The first-order chi connectivity index (χ1) is 13.5. The van der Waals surface area contributed by atoms with Gasteiger partial charge in [0.15, 0.2) is 0 Å². The van der Waals surface area contributed by atoms with Crippen LogP contribution >= 0.6 is 0 Å². The molecule has 0 aliphatic carbocycles. The Bertz CT molecular complexity index is 392. The van der Waals surface area contributed by atoms with Crippen LogP contribution in [0, 0.1) is 0 Å². The van der Waals surface area contributed by atoms with Crippen molar-refractivity contribution in [1.82, 2.24) is 10.6 Å². The summed E-state index contributed by atoms with van der Waals surface area (Å²) in [5.74, 6) is -0.501. The molecule has 0 radical (unpaired) electrons. The van der Waals surface area contributed by atoms with Crippen LogP contribution < -0.4 is 22.1 Å². The molecule has 7 heteroatoms. The maximum absolute atomic E-state index is 12.1. The van der Waals surface area contributed by atoms with Crippen molar-refractivity contribution in [2.45, 2.75) is 109 Å². The Hall–Kier alpha value is -1.18. The number of nitrogens with one attached hydrogen (secondary N) is 2. The summed E-state index contributed by atoms with van der Waals surface area (Å²) in [5, 5.41) is 5.66. The van der Waals surface area contributed by atoms with Crippen LogP contribution in [0.3, 0.4) is 0 Å². The molecule has 28 heavy (non-hydrogen) atoms. The highest BCUT2D eigenvalue weighted by atomic mass is 16.5. The SMILES string of the molecule is CCCCCCCCCCCCCC(=O)NC(CCCNC(N)N)C(=O)OC. The topological polar surface area (TPSA) is 119 Å². The molecule has 7 nitrogen and oxygen atoms in total. The van der Waals surface area contributed by atoms with E-state index >= 15 is 0 Å². The zero-order valence-corrected chi connectivity index (χ0v) is 18.1. The average Bonchev–Trinajstić information content (AvgIpc) is 2.67. The van der Waals surface area contributed by atoms with Gasteiger partial charge in [-0.3, -0.25) is 10.1 Å². The van der Waals surface area contributed by atoms with Gasteiger partial charge in [-0.1, -0.05) is 71.1 Å². The minimum absolute atomic E-state index is 0.0881. The molecule has 0 aromatic carbocycles. The van der Waals surface area contributed by atoms with Crippen molar-refractivity contribution in [1.29, 1.82) is 0 Å². The van der Waals surface area contributed by atoms with Crippen LogP contribution in [0.25, 0.3) is 0 Å². The molecule has 0 spiro atoms. The van der Waals surface area contributed by atoms with Crippen molar-refractivity contribution in [2.75, 3.05) is 13.7 Å². The number of esters is 1. The Morgan fingerprint density at radius 3 is 1.89 bits per heavy atom. The number of amides is 1. The summed E-state index contributed by atoms with van der Waals surface area (Å²) < 4.78 is 4.78. The molecule has 1 unspecified atom stereocenters. The van der Waals surface area contributed by atoms with Gasteiger partial charge >= 0.3 is 5.97 Å². The summed E-state index contributed by atoms with van der Waals surface area (Å²) >= 11 is 0. The quantitative estimate of drug-likeness (QED) is 0.150. The van der Waals surface area contributed by atoms with Crippen molar-refractivity contribution in [2.24, 2.45) is 11.5 Å². The van der Waals surface area contributed by atoms with Crippen LogP contribution in [-0.4, -0.2) is 37.9 Å². The van der Waals surface area contributed by atoms with E-state index in [2.05, 4.69) is 17.6 Å². The van der Waals surface area contributed by atoms with E-state index in [0.717, 1.165) is 12.8 Å². The average molecular weight is 401 g/mol. The fourth-order valence-electron chi connectivity index (χ4n) is 3.18. The van der Waals surface area contributed by atoms with Gasteiger partial charge in [-0.2, -0.15) is 0 Å². The van der Waals surface area contributed by atoms with Crippen LogP contribution in [0.2, 0.25) is 0 Å². The Balaban J connectivity index is 3.74. The van der Waals surface area contributed by atoms with Gasteiger partial charge in [-0.05, 0) is 25.8 Å². The molecule has 0 bridgehead atoms. The minimum atomic E-state index is -0.610. The third kappa shape index (κ3) is 17.0. The van der Waals surface area contributed by atoms with Crippen molar-refractivity contribution >= 4 is 11.9 Å². The largest absolute Gasteiger partial charge is 0.467 e. The second-order valence-electron chi connectivity index (χ2n) is 7.55. The van der Waals surface area contributed by atoms with E-state index in [1.807, 2.05) is 0 Å². The highest BCUT2D eigenvalue weighted by Crippen LogP contribution is 2.12. The van der Waals surface area contributed by atoms with E-state index in [1.165, 1.54) is 64.9 Å². The molecule has 0 saturated heterocycles. The molecule has 0 heterocycles. The zero-order valence-electron chi connectivity index (χ0n) is 18.1. The molecular formula is C21H44N4O3. The lowest BCUT2D eigenvalue weighted by Crippen LogP contribution is -2.46. The third-order valence-corrected chi connectivity index (χ3v) is 4.88. The van der Waals surface area contributed by atoms with Crippen molar-refractivity contribution < 1.29 is 14.3 Å². The predicted octanol–water partition coefficient (Wildman–Crippen LogP) is 2.92. The molecular weight excluding hydrogens is 356 g/mol. The highest BCUT2D eigenvalue weighted by molar-refractivity contribution is 5.84. The van der Waals surface area contributed by atoms with Crippen LogP contribution in [0.4, 0.5) is 0 Å². The van der Waals surface area contributed by atoms with Gasteiger partial charge in [-0.15, -0.1) is 0 Å². The lowest BCUT2D eigenvalue weighted by Gasteiger charge is -2.17. The molecule has 166 valence electrons. The smallest absolute Gasteiger partial charge is 0.328 e. The van der Waals surface area contributed by atoms with Gasteiger partial charge < -0.3 is 21.5 Å². The number of nitrogens with two attached hydrogens (primary N) is 2. The fourth-order valence-corrected chi connectivity index (χ4v) is 3.18. The number of carbonyl (C=O) groups is 2. The van der Waals surface area contributed by atoms with Crippen molar-refractivity contribution in [3.8, 4) is 0 Å². The standard InChI is InChI=1S/C21H44N4O3/c1-3-4-5-6-7-8-9-10-11-12-13-16-19(26)25-18(20(27)28-2)15-14-17-24-21(22)23/h18,21,24H,3-17,22-23H2,1-2H3,(H,25,26). The van der Waals surface area contributed by atoms with Crippen molar-refractivity contribution in [3.05, 3.63) is 0 Å². The maximum atomic E-state index is 12.1. The van der Waals surface area contributed by atoms with E-state index in [9.17, 15) is 9.59 Å². The van der Waals surface area contributed by atoms with E-state index in [-0.39, 0.29) is 5.91 Å². The summed E-state index contributed by atoms with van der Waals surface area (Å²) in [6.07, 6.45) is 14.8. The molecule has 0 aromatic rings. The van der Waals surface area contributed by atoms with Gasteiger partial charge in [0.1, 0.15) is 12.3 Å². The Morgan fingerprint density at radius 2 is 1.39 bits per heavy atom. The van der Waals surface area contributed by atoms with Gasteiger partial charge in [0.25, 0.3) is 0 Å². The lowest BCUT2D eigenvalue weighted by atomic mass is 10.0. The number of ether oxygens (including phenoxy) is 1. The van der Waals surface area contributed by atoms with Crippen LogP contribution in [0.5, 0.6) is 0 Å². The second-order valence-corrected chi connectivity index (χ2v) is 7.55. The Morgan fingerprint density at radius 1 is 0.857 bits per heavy atom. The Kier molecular flexibility index (Phi) is 18.3.